The Morgan fingerprint density at radius 1 is 1.03 bits per heavy atom. The van der Waals surface area contributed by atoms with E-state index in [1.165, 1.54) is 43.3 Å². The van der Waals surface area contributed by atoms with E-state index in [1.54, 1.807) is 18.2 Å². The minimum Gasteiger partial charge on any atom is -0.322 e. The smallest absolute Gasteiger partial charge is 0.322 e. The zero-order valence-electron chi connectivity index (χ0n) is 17.2. The number of carbonyl (C=O) groups is 1. The second-order valence-electron chi connectivity index (χ2n) is 7.15. The van der Waals surface area contributed by atoms with Crippen molar-refractivity contribution < 1.29 is 22.0 Å². The van der Waals surface area contributed by atoms with Gasteiger partial charge >= 0.3 is 10.2 Å². The summed E-state index contributed by atoms with van der Waals surface area (Å²) in [6.07, 6.45) is 1.60. The molecule has 0 bridgehead atoms. The van der Waals surface area contributed by atoms with E-state index in [-0.39, 0.29) is 11.3 Å². The van der Waals surface area contributed by atoms with Crippen molar-refractivity contribution in [2.75, 3.05) is 5.32 Å². The van der Waals surface area contributed by atoms with Crippen molar-refractivity contribution in [3.63, 3.8) is 0 Å². The third kappa shape index (κ3) is 5.44. The fourth-order valence-corrected chi connectivity index (χ4v) is 3.82. The number of halogens is 1. The number of non-ortho nitro benzene ring substituents is 1. The van der Waals surface area contributed by atoms with Crippen LogP contribution in [0.25, 0.3) is 11.6 Å². The summed E-state index contributed by atoms with van der Waals surface area (Å²) in [7, 11) is -4.87. The van der Waals surface area contributed by atoms with Crippen LogP contribution in [0.2, 0.25) is 0 Å². The molecule has 0 heterocycles. The van der Waals surface area contributed by atoms with Crippen LogP contribution in [0, 0.1) is 24.0 Å². The van der Waals surface area contributed by atoms with Crippen molar-refractivity contribution in [1.82, 2.24) is 0 Å². The molecule has 0 saturated heterocycles. The molecular formula is C23H19FN2O5S. The number of benzene rings is 3. The molecule has 1 amide bonds. The summed E-state index contributed by atoms with van der Waals surface area (Å²) in [5.74, 6) is -0.482. The van der Waals surface area contributed by atoms with E-state index in [0.29, 0.717) is 22.4 Å². The van der Waals surface area contributed by atoms with E-state index >= 15 is 0 Å². The van der Waals surface area contributed by atoms with E-state index in [1.807, 2.05) is 19.1 Å². The summed E-state index contributed by atoms with van der Waals surface area (Å²) in [4.78, 5) is 23.0. The molecule has 3 rings (SSSR count). The SMILES string of the molecule is Cc1cccc(/C(=C\c2ccc([N+](=O)[O-])cc2)C(=O)Nc2ccc(S(=O)(=O)F)c(C)c2)c1. The van der Waals surface area contributed by atoms with Crippen LogP contribution in [0.4, 0.5) is 15.3 Å². The number of amides is 1. The van der Waals surface area contributed by atoms with Crippen molar-refractivity contribution in [2.24, 2.45) is 0 Å². The Morgan fingerprint density at radius 3 is 2.28 bits per heavy atom. The highest BCUT2D eigenvalue weighted by atomic mass is 32.3. The van der Waals surface area contributed by atoms with Crippen LogP contribution in [-0.4, -0.2) is 19.2 Å². The molecule has 0 unspecified atom stereocenters. The number of nitrogens with one attached hydrogen (secondary N) is 1. The van der Waals surface area contributed by atoms with E-state index in [4.69, 9.17) is 0 Å². The van der Waals surface area contributed by atoms with Gasteiger partial charge < -0.3 is 5.32 Å². The summed E-state index contributed by atoms with van der Waals surface area (Å²) in [6.45, 7) is 3.31. The zero-order chi connectivity index (χ0) is 23.5. The summed E-state index contributed by atoms with van der Waals surface area (Å²) in [5.41, 5.74) is 2.81. The second kappa shape index (κ2) is 9.11. The Bertz CT molecular complexity index is 1330. The van der Waals surface area contributed by atoms with Crippen LogP contribution in [0.3, 0.4) is 0 Å². The van der Waals surface area contributed by atoms with E-state index in [9.17, 15) is 27.2 Å². The van der Waals surface area contributed by atoms with Gasteiger partial charge in [-0.1, -0.05) is 29.8 Å². The predicted octanol–water partition coefficient (Wildman–Crippen LogP) is 5.05. The molecule has 3 aromatic carbocycles. The van der Waals surface area contributed by atoms with Gasteiger partial charge in [-0.15, -0.1) is 3.89 Å². The maximum Gasteiger partial charge on any atom is 0.332 e. The molecule has 3 aromatic rings. The van der Waals surface area contributed by atoms with Gasteiger partial charge in [0.1, 0.15) is 4.90 Å². The maximum absolute atomic E-state index is 13.3. The highest BCUT2D eigenvalue weighted by Crippen LogP contribution is 2.25. The Hall–Kier alpha value is -3.85. The fraction of sp³-hybridized carbons (Fsp3) is 0.0870. The molecule has 0 saturated carbocycles. The summed E-state index contributed by atoms with van der Waals surface area (Å²) >= 11 is 0. The number of anilines is 1. The number of aryl methyl sites for hydroxylation is 2. The monoisotopic (exact) mass is 454 g/mol. The summed E-state index contributed by atoms with van der Waals surface area (Å²) < 4.78 is 35.7. The number of nitrogens with zero attached hydrogens (tertiary/aromatic N) is 1. The first-order valence-corrected chi connectivity index (χ1v) is 10.8. The quantitative estimate of drug-likeness (QED) is 0.184. The molecule has 32 heavy (non-hydrogen) atoms. The second-order valence-corrected chi connectivity index (χ2v) is 8.46. The lowest BCUT2D eigenvalue weighted by molar-refractivity contribution is -0.384. The maximum atomic E-state index is 13.3. The molecule has 0 fully saturated rings. The molecule has 1 N–H and O–H groups in total. The molecule has 0 atom stereocenters. The molecule has 0 aliphatic rings. The number of hydrogen-bond acceptors (Lipinski definition) is 5. The molecule has 0 aliphatic carbocycles. The van der Waals surface area contributed by atoms with Crippen LogP contribution in [0.5, 0.6) is 0 Å². The van der Waals surface area contributed by atoms with Gasteiger partial charge in [0.15, 0.2) is 0 Å². The minimum absolute atomic E-state index is 0.0675. The van der Waals surface area contributed by atoms with Gasteiger partial charge in [-0.2, -0.15) is 8.42 Å². The lowest BCUT2D eigenvalue weighted by Crippen LogP contribution is -2.14. The van der Waals surface area contributed by atoms with Crippen molar-refractivity contribution in [1.29, 1.82) is 0 Å². The van der Waals surface area contributed by atoms with Crippen LogP contribution >= 0.6 is 0 Å². The Labute approximate surface area is 184 Å². The zero-order valence-corrected chi connectivity index (χ0v) is 18.0. The van der Waals surface area contributed by atoms with Crippen LogP contribution < -0.4 is 5.32 Å². The standard InChI is InChI=1S/C23H19FN2O5S/c1-15-4-3-5-18(12-15)21(14-17-6-9-20(10-7-17)26(28)29)23(27)25-19-8-11-22(16(2)13-19)32(24,30)31/h3-14H,1-2H3,(H,25,27)/b21-14+. The average molecular weight is 454 g/mol. The summed E-state index contributed by atoms with van der Waals surface area (Å²) in [5, 5.41) is 13.6. The van der Waals surface area contributed by atoms with Gasteiger partial charge in [0, 0.05) is 23.4 Å². The molecule has 0 aliphatic heterocycles. The van der Waals surface area contributed by atoms with Gasteiger partial charge in [0.25, 0.3) is 11.6 Å². The Balaban J connectivity index is 1.99. The van der Waals surface area contributed by atoms with Crippen LogP contribution in [0.1, 0.15) is 22.3 Å². The van der Waals surface area contributed by atoms with E-state index in [0.717, 1.165) is 11.6 Å². The Morgan fingerprint density at radius 2 is 1.72 bits per heavy atom. The van der Waals surface area contributed by atoms with Gasteiger partial charge in [0.2, 0.25) is 0 Å². The average Bonchev–Trinajstić information content (AvgIpc) is 2.71. The first kappa shape index (κ1) is 22.8. The topological polar surface area (TPSA) is 106 Å². The van der Waals surface area contributed by atoms with Crippen molar-refractivity contribution in [3.8, 4) is 0 Å². The van der Waals surface area contributed by atoms with Gasteiger partial charge in [-0.05, 0) is 66.9 Å². The lowest BCUT2D eigenvalue weighted by atomic mass is 10.00. The third-order valence-electron chi connectivity index (χ3n) is 4.68. The first-order chi connectivity index (χ1) is 15.0. The molecular weight excluding hydrogens is 435 g/mol. The number of rotatable bonds is 6. The van der Waals surface area contributed by atoms with Crippen molar-refractivity contribution in [3.05, 3.63) is 99.1 Å². The summed E-state index contributed by atoms with van der Waals surface area (Å²) in [6, 6.07) is 16.8. The van der Waals surface area contributed by atoms with Gasteiger partial charge in [0.05, 0.1) is 4.92 Å². The van der Waals surface area contributed by atoms with E-state index < -0.39 is 25.9 Å². The van der Waals surface area contributed by atoms with Gasteiger partial charge in [-0.3, -0.25) is 14.9 Å². The first-order valence-electron chi connectivity index (χ1n) is 9.44. The number of hydrogen-bond donors (Lipinski definition) is 1. The van der Waals surface area contributed by atoms with Gasteiger partial charge in [-0.25, -0.2) is 0 Å². The van der Waals surface area contributed by atoms with E-state index in [2.05, 4.69) is 5.32 Å². The largest absolute Gasteiger partial charge is 0.332 e. The highest BCUT2D eigenvalue weighted by Gasteiger charge is 2.17. The predicted molar refractivity (Wildman–Crippen MR) is 120 cm³/mol. The van der Waals surface area contributed by atoms with Crippen molar-refractivity contribution in [2.45, 2.75) is 18.7 Å². The van der Waals surface area contributed by atoms with Crippen LogP contribution in [-0.2, 0) is 15.0 Å². The lowest BCUT2D eigenvalue weighted by Gasteiger charge is -2.12. The highest BCUT2D eigenvalue weighted by molar-refractivity contribution is 7.86. The third-order valence-corrected chi connectivity index (χ3v) is 5.67. The fourth-order valence-electron chi connectivity index (χ4n) is 3.15. The molecule has 9 heteroatoms. The molecule has 0 spiro atoms. The minimum atomic E-state index is -4.87. The van der Waals surface area contributed by atoms with Crippen LogP contribution in [0.15, 0.2) is 71.6 Å². The molecule has 164 valence electrons. The number of carbonyl (C=O) groups excluding carboxylic acids is 1. The Kier molecular flexibility index (Phi) is 6.50. The molecule has 0 aromatic heterocycles. The number of nitro groups is 1. The molecule has 7 nitrogen and oxygen atoms in total. The normalized spacial score (nSPS) is 11.8. The molecule has 0 radical (unpaired) electrons. The number of nitro benzene ring substituents is 1. The van der Waals surface area contributed by atoms with Crippen molar-refractivity contribution >= 4 is 39.2 Å².